The van der Waals surface area contributed by atoms with Gasteiger partial charge < -0.3 is 10.3 Å². The Morgan fingerprint density at radius 3 is 2.87 bits per heavy atom. The van der Waals surface area contributed by atoms with E-state index in [-0.39, 0.29) is 0 Å². The van der Waals surface area contributed by atoms with E-state index in [0.717, 1.165) is 17.8 Å². The van der Waals surface area contributed by atoms with E-state index in [1.807, 2.05) is 35.0 Å². The summed E-state index contributed by atoms with van der Waals surface area (Å²) in [5.74, 6) is 0. The molecule has 0 unspecified atom stereocenters. The molecule has 2 rings (SSSR count). The highest BCUT2D eigenvalue weighted by Crippen LogP contribution is 2.21. The summed E-state index contributed by atoms with van der Waals surface area (Å²) in [6.07, 6.45) is 4.37. The zero-order valence-corrected chi connectivity index (χ0v) is 8.98. The number of rotatable bonds is 3. The summed E-state index contributed by atoms with van der Waals surface area (Å²) in [5, 5.41) is 0.716. The zero-order valence-electron chi connectivity index (χ0n) is 8.23. The van der Waals surface area contributed by atoms with E-state index in [0.29, 0.717) is 11.6 Å². The lowest BCUT2D eigenvalue weighted by molar-refractivity contribution is 0.874. The lowest BCUT2D eigenvalue weighted by Crippen LogP contribution is -2.07. The van der Waals surface area contributed by atoms with Crippen molar-refractivity contribution in [2.45, 2.75) is 6.42 Å². The van der Waals surface area contributed by atoms with E-state index >= 15 is 0 Å². The third-order valence-corrected chi connectivity index (χ3v) is 2.55. The molecule has 2 N–H and O–H groups in total. The summed E-state index contributed by atoms with van der Waals surface area (Å²) in [5.41, 5.74) is 7.55. The minimum absolute atomic E-state index is 0.607. The Morgan fingerprint density at radius 1 is 1.33 bits per heavy atom. The topological polar surface area (TPSA) is 43.8 Å². The van der Waals surface area contributed by atoms with Gasteiger partial charge >= 0.3 is 0 Å². The first-order valence-electron chi connectivity index (χ1n) is 4.79. The second-order valence-corrected chi connectivity index (χ2v) is 3.65. The van der Waals surface area contributed by atoms with Gasteiger partial charge in [-0.25, -0.2) is 4.98 Å². The summed E-state index contributed by atoms with van der Waals surface area (Å²) in [7, 11) is 0. The van der Waals surface area contributed by atoms with Crippen LogP contribution < -0.4 is 5.73 Å². The molecule has 0 radical (unpaired) electrons. The molecule has 1 aromatic carbocycles. The van der Waals surface area contributed by atoms with Crippen molar-refractivity contribution in [1.82, 2.24) is 9.55 Å². The number of nitrogens with zero attached hydrogens (tertiary/aromatic N) is 2. The van der Waals surface area contributed by atoms with Gasteiger partial charge in [0.25, 0.3) is 0 Å². The molecule has 78 valence electrons. The van der Waals surface area contributed by atoms with E-state index in [4.69, 9.17) is 17.3 Å². The van der Waals surface area contributed by atoms with Crippen LogP contribution in [0.2, 0.25) is 5.02 Å². The Kier molecular flexibility index (Phi) is 3.04. The van der Waals surface area contributed by atoms with Crippen molar-refractivity contribution in [3.63, 3.8) is 0 Å². The largest absolute Gasteiger partial charge is 0.330 e. The molecule has 2 aromatic rings. The fourth-order valence-corrected chi connectivity index (χ4v) is 1.75. The van der Waals surface area contributed by atoms with Gasteiger partial charge in [0.05, 0.1) is 17.0 Å². The first-order valence-corrected chi connectivity index (χ1v) is 5.17. The molecule has 0 atom stereocenters. The molecule has 3 nitrogen and oxygen atoms in total. The molecule has 0 saturated carbocycles. The third-order valence-electron chi connectivity index (χ3n) is 2.23. The van der Waals surface area contributed by atoms with Gasteiger partial charge in [-0.15, -0.1) is 0 Å². The van der Waals surface area contributed by atoms with Crippen molar-refractivity contribution >= 4 is 11.6 Å². The Bertz CT molecular complexity index is 451. The number of benzene rings is 1. The minimum atomic E-state index is 0.607. The quantitative estimate of drug-likeness (QED) is 0.862. The fraction of sp³-hybridized carbons (Fsp3) is 0.182. The first-order chi connectivity index (χ1) is 7.33. The van der Waals surface area contributed by atoms with E-state index in [1.54, 1.807) is 6.33 Å². The maximum Gasteiger partial charge on any atom is 0.0994 e. The highest BCUT2D eigenvalue weighted by molar-refractivity contribution is 6.32. The van der Waals surface area contributed by atoms with Crippen molar-refractivity contribution in [2.75, 3.05) is 6.54 Å². The van der Waals surface area contributed by atoms with Gasteiger partial charge in [-0.1, -0.05) is 23.7 Å². The first kappa shape index (κ1) is 10.2. The van der Waals surface area contributed by atoms with Gasteiger partial charge in [-0.05, 0) is 18.7 Å². The number of hydrogen-bond donors (Lipinski definition) is 1. The Morgan fingerprint density at radius 2 is 2.13 bits per heavy atom. The van der Waals surface area contributed by atoms with E-state index in [1.165, 1.54) is 0 Å². The van der Waals surface area contributed by atoms with Crippen LogP contribution in [0.5, 0.6) is 0 Å². The zero-order chi connectivity index (χ0) is 10.7. The summed E-state index contributed by atoms with van der Waals surface area (Å²) < 4.78 is 1.97. The number of halogens is 1. The Hall–Kier alpha value is -1.32. The summed E-state index contributed by atoms with van der Waals surface area (Å²) >= 11 is 6.11. The van der Waals surface area contributed by atoms with E-state index in [2.05, 4.69) is 4.98 Å². The van der Waals surface area contributed by atoms with Crippen molar-refractivity contribution in [3.8, 4) is 5.69 Å². The van der Waals surface area contributed by atoms with Gasteiger partial charge in [0, 0.05) is 18.3 Å². The molecule has 15 heavy (non-hydrogen) atoms. The van der Waals surface area contributed by atoms with Crippen molar-refractivity contribution < 1.29 is 0 Å². The van der Waals surface area contributed by atoms with Crippen LogP contribution in [0.4, 0.5) is 0 Å². The van der Waals surface area contributed by atoms with Crippen molar-refractivity contribution in [3.05, 3.63) is 47.5 Å². The van der Waals surface area contributed by atoms with Gasteiger partial charge in [-0.2, -0.15) is 0 Å². The van der Waals surface area contributed by atoms with E-state index < -0.39 is 0 Å². The smallest absolute Gasteiger partial charge is 0.0994 e. The molecule has 0 fully saturated rings. The number of imidazole rings is 1. The summed E-state index contributed by atoms with van der Waals surface area (Å²) in [4.78, 5) is 4.11. The molecular formula is C11H12ClN3. The van der Waals surface area contributed by atoms with Crippen LogP contribution in [0.1, 0.15) is 5.69 Å². The normalized spacial score (nSPS) is 10.5. The molecule has 0 aliphatic carbocycles. The number of nitrogens with two attached hydrogens (primary N) is 1. The van der Waals surface area contributed by atoms with Crippen LogP contribution >= 0.6 is 11.6 Å². The summed E-state index contributed by atoms with van der Waals surface area (Å²) in [6.45, 7) is 0.607. The molecule has 0 aliphatic heterocycles. The van der Waals surface area contributed by atoms with Gasteiger partial charge in [0.1, 0.15) is 0 Å². The predicted molar refractivity (Wildman–Crippen MR) is 61.3 cm³/mol. The molecule has 4 heteroatoms. The molecule has 1 aromatic heterocycles. The highest BCUT2D eigenvalue weighted by atomic mass is 35.5. The number of hydrogen-bond acceptors (Lipinski definition) is 2. The Labute approximate surface area is 93.5 Å². The average Bonchev–Trinajstić information content (AvgIpc) is 2.67. The fourth-order valence-electron chi connectivity index (χ4n) is 1.52. The number of aromatic nitrogens is 2. The lowest BCUT2D eigenvalue weighted by atomic mass is 10.3. The van der Waals surface area contributed by atoms with Crippen LogP contribution in [-0.4, -0.2) is 16.1 Å². The van der Waals surface area contributed by atoms with Crippen LogP contribution in [0, 0.1) is 0 Å². The van der Waals surface area contributed by atoms with Crippen molar-refractivity contribution in [2.24, 2.45) is 5.73 Å². The van der Waals surface area contributed by atoms with Crippen LogP contribution in [-0.2, 0) is 6.42 Å². The van der Waals surface area contributed by atoms with Gasteiger partial charge in [0.15, 0.2) is 0 Å². The van der Waals surface area contributed by atoms with Crippen LogP contribution in [0.25, 0.3) is 5.69 Å². The third kappa shape index (κ3) is 2.03. The molecule has 0 amide bonds. The second kappa shape index (κ2) is 4.47. The predicted octanol–water partition coefficient (Wildman–Crippen LogP) is 2.03. The SMILES string of the molecule is NCCc1cncn1-c1ccccc1Cl. The lowest BCUT2D eigenvalue weighted by Gasteiger charge is -2.08. The van der Waals surface area contributed by atoms with Crippen LogP contribution in [0.3, 0.4) is 0 Å². The second-order valence-electron chi connectivity index (χ2n) is 3.25. The molecule has 0 aliphatic rings. The number of para-hydroxylation sites is 1. The average molecular weight is 222 g/mol. The molecule has 0 spiro atoms. The van der Waals surface area contributed by atoms with Gasteiger partial charge in [-0.3, -0.25) is 0 Å². The maximum absolute atomic E-state index is 6.11. The standard InChI is InChI=1S/C11H12ClN3/c12-10-3-1-2-4-11(10)15-8-14-7-9(15)5-6-13/h1-4,7-8H,5-6,13H2. The molecule has 0 saturated heterocycles. The molecule has 1 heterocycles. The minimum Gasteiger partial charge on any atom is -0.330 e. The summed E-state index contributed by atoms with van der Waals surface area (Å²) in [6, 6.07) is 7.69. The van der Waals surface area contributed by atoms with Crippen LogP contribution in [0.15, 0.2) is 36.8 Å². The Balaban J connectivity index is 2.45. The van der Waals surface area contributed by atoms with E-state index in [9.17, 15) is 0 Å². The maximum atomic E-state index is 6.11. The highest BCUT2D eigenvalue weighted by Gasteiger charge is 2.06. The molecule has 0 bridgehead atoms. The van der Waals surface area contributed by atoms with Gasteiger partial charge in [0.2, 0.25) is 0 Å². The monoisotopic (exact) mass is 221 g/mol. The van der Waals surface area contributed by atoms with Crippen molar-refractivity contribution in [1.29, 1.82) is 0 Å². The molecular weight excluding hydrogens is 210 g/mol.